The van der Waals surface area contributed by atoms with Gasteiger partial charge in [0, 0.05) is 17.1 Å². The Hall–Kier alpha value is -4.11. The van der Waals surface area contributed by atoms with Crippen LogP contribution in [0, 0.1) is 6.92 Å². The van der Waals surface area contributed by atoms with E-state index >= 15 is 0 Å². The Bertz CT molecular complexity index is 1420. The first kappa shape index (κ1) is 28.9. The monoisotopic (exact) mass is 581 g/mol. The zero-order valence-corrected chi connectivity index (χ0v) is 20.3. The molecule has 8 nitrogen and oxygen atoms in total. The van der Waals surface area contributed by atoms with Crippen LogP contribution in [0.15, 0.2) is 40.9 Å². The standard InChI is InChI=1S/C24H19F8N3O5/c1-12-18(20(36)34-17-8-35(10-22(17,25)26)21(37)39-11-23(27,28)29)15-7-14(4-5-16(15)40-12)38-9-13-3-2-6-33-19(13)24(30,31)32/h2-7,17H,8-11H2,1H3,(H,34,36). The van der Waals surface area contributed by atoms with Gasteiger partial charge in [0.15, 0.2) is 12.3 Å². The van der Waals surface area contributed by atoms with Crippen molar-refractivity contribution in [3.63, 3.8) is 0 Å². The summed E-state index contributed by atoms with van der Waals surface area (Å²) in [5.74, 6) is -4.70. The fraction of sp³-hybridized carbons (Fsp3) is 0.375. The lowest BCUT2D eigenvalue weighted by Gasteiger charge is -2.18. The number of carbonyl (C=O) groups is 2. The Labute approximate surface area is 219 Å². The molecule has 0 bridgehead atoms. The van der Waals surface area contributed by atoms with Crippen LogP contribution in [-0.4, -0.2) is 59.7 Å². The minimum absolute atomic E-state index is 0.0130. The number of rotatable bonds is 6. The largest absolute Gasteiger partial charge is 0.489 e. The Morgan fingerprint density at radius 3 is 2.58 bits per heavy atom. The molecule has 1 aliphatic heterocycles. The second-order valence-electron chi connectivity index (χ2n) is 8.83. The van der Waals surface area contributed by atoms with Crippen LogP contribution >= 0.6 is 0 Å². The molecule has 1 aromatic carbocycles. The maximum absolute atomic E-state index is 14.5. The molecule has 3 aromatic rings. The van der Waals surface area contributed by atoms with Crippen LogP contribution < -0.4 is 10.1 Å². The maximum Gasteiger partial charge on any atom is 0.433 e. The average molecular weight is 581 g/mol. The number of hydrogen-bond donors (Lipinski definition) is 1. The van der Waals surface area contributed by atoms with Crippen LogP contribution in [0.25, 0.3) is 11.0 Å². The normalized spacial score (nSPS) is 17.2. The number of amides is 2. The van der Waals surface area contributed by atoms with Gasteiger partial charge in [0.05, 0.1) is 18.7 Å². The predicted octanol–water partition coefficient (Wildman–Crippen LogP) is 5.48. The Balaban J connectivity index is 1.50. The lowest BCUT2D eigenvalue weighted by molar-refractivity contribution is -0.162. The highest BCUT2D eigenvalue weighted by atomic mass is 19.4. The van der Waals surface area contributed by atoms with E-state index < -0.39 is 68.3 Å². The van der Waals surface area contributed by atoms with Crippen LogP contribution in [-0.2, 0) is 17.5 Å². The number of pyridine rings is 1. The van der Waals surface area contributed by atoms with Crippen molar-refractivity contribution >= 4 is 23.0 Å². The summed E-state index contributed by atoms with van der Waals surface area (Å²) in [6.07, 6.45) is -10.2. The van der Waals surface area contributed by atoms with Gasteiger partial charge in [0.25, 0.3) is 11.8 Å². The van der Waals surface area contributed by atoms with Gasteiger partial charge in [-0.05, 0) is 31.2 Å². The van der Waals surface area contributed by atoms with Gasteiger partial charge in [-0.1, -0.05) is 6.07 Å². The first-order valence-electron chi connectivity index (χ1n) is 11.4. The fourth-order valence-corrected chi connectivity index (χ4v) is 4.08. The molecule has 1 fully saturated rings. The molecule has 1 aliphatic rings. The van der Waals surface area contributed by atoms with Crippen LogP contribution in [0.1, 0.15) is 27.4 Å². The number of fused-ring (bicyclic) bond motifs is 1. The van der Waals surface area contributed by atoms with Crippen LogP contribution in [0.5, 0.6) is 5.75 Å². The minimum Gasteiger partial charge on any atom is -0.489 e. The number of likely N-dealkylation sites (tertiary alicyclic amines) is 1. The van der Waals surface area contributed by atoms with Crippen molar-refractivity contribution in [2.24, 2.45) is 0 Å². The molecule has 1 atom stereocenters. The van der Waals surface area contributed by atoms with Crippen molar-refractivity contribution in [3.05, 3.63) is 59.1 Å². The molecule has 16 heteroatoms. The third-order valence-corrected chi connectivity index (χ3v) is 5.85. The molecule has 2 aromatic heterocycles. The van der Waals surface area contributed by atoms with Gasteiger partial charge in [-0.3, -0.25) is 14.7 Å². The van der Waals surface area contributed by atoms with Gasteiger partial charge in [0.1, 0.15) is 29.7 Å². The number of aryl methyl sites for hydroxylation is 1. The van der Waals surface area contributed by atoms with E-state index in [2.05, 4.69) is 15.0 Å². The lowest BCUT2D eigenvalue weighted by atomic mass is 10.1. The van der Waals surface area contributed by atoms with Gasteiger partial charge >= 0.3 is 18.4 Å². The number of benzene rings is 1. The molecule has 1 unspecified atom stereocenters. The van der Waals surface area contributed by atoms with E-state index in [-0.39, 0.29) is 33.6 Å². The van der Waals surface area contributed by atoms with Crippen molar-refractivity contribution < 1.29 is 58.6 Å². The summed E-state index contributed by atoms with van der Waals surface area (Å²) in [5, 5.41) is 2.16. The molecule has 0 spiro atoms. The summed E-state index contributed by atoms with van der Waals surface area (Å²) in [5.41, 5.74) is -1.43. The SMILES string of the molecule is Cc1oc2ccc(OCc3cccnc3C(F)(F)F)cc2c1C(=O)NC1CN(C(=O)OCC(F)(F)F)CC1(F)F. The van der Waals surface area contributed by atoms with Crippen molar-refractivity contribution in [3.8, 4) is 5.75 Å². The molecule has 3 heterocycles. The third-order valence-electron chi connectivity index (χ3n) is 5.85. The summed E-state index contributed by atoms with van der Waals surface area (Å²) >= 11 is 0. The van der Waals surface area contributed by atoms with Crippen molar-refractivity contribution in [1.82, 2.24) is 15.2 Å². The molecule has 0 saturated carbocycles. The first-order chi connectivity index (χ1) is 18.5. The second-order valence-corrected chi connectivity index (χ2v) is 8.83. The van der Waals surface area contributed by atoms with E-state index in [0.717, 1.165) is 6.20 Å². The molecule has 1 N–H and O–H groups in total. The van der Waals surface area contributed by atoms with Crippen molar-refractivity contribution in [2.45, 2.75) is 37.8 Å². The first-order valence-corrected chi connectivity index (χ1v) is 11.4. The summed E-state index contributed by atoms with van der Waals surface area (Å²) in [6, 6.07) is 4.53. The summed E-state index contributed by atoms with van der Waals surface area (Å²) in [4.78, 5) is 28.5. The Morgan fingerprint density at radius 2 is 1.90 bits per heavy atom. The Kier molecular flexibility index (Phi) is 7.56. The molecule has 2 amide bonds. The number of alkyl halides is 8. The zero-order chi connectivity index (χ0) is 29.5. The predicted molar refractivity (Wildman–Crippen MR) is 120 cm³/mol. The quantitative estimate of drug-likeness (QED) is 0.388. The van der Waals surface area contributed by atoms with Gasteiger partial charge in [0.2, 0.25) is 0 Å². The van der Waals surface area contributed by atoms with E-state index in [1.807, 2.05) is 0 Å². The fourth-order valence-electron chi connectivity index (χ4n) is 4.08. The zero-order valence-electron chi connectivity index (χ0n) is 20.3. The van der Waals surface area contributed by atoms with Crippen LogP contribution in [0.4, 0.5) is 39.9 Å². The number of furan rings is 1. The highest BCUT2D eigenvalue weighted by Gasteiger charge is 2.51. The maximum atomic E-state index is 14.5. The number of nitrogens with one attached hydrogen (secondary N) is 1. The highest BCUT2D eigenvalue weighted by Crippen LogP contribution is 2.34. The molecule has 216 valence electrons. The van der Waals surface area contributed by atoms with Crippen LogP contribution in [0.2, 0.25) is 0 Å². The van der Waals surface area contributed by atoms with Crippen LogP contribution in [0.3, 0.4) is 0 Å². The summed E-state index contributed by atoms with van der Waals surface area (Å²) in [7, 11) is 0. The van der Waals surface area contributed by atoms with E-state index in [9.17, 15) is 44.7 Å². The Morgan fingerprint density at radius 1 is 1.18 bits per heavy atom. The highest BCUT2D eigenvalue weighted by molar-refractivity contribution is 6.07. The molecule has 1 saturated heterocycles. The van der Waals surface area contributed by atoms with E-state index in [1.54, 1.807) is 0 Å². The number of nitrogens with zero attached hydrogens (tertiary/aromatic N) is 2. The number of halogens is 8. The van der Waals surface area contributed by atoms with Gasteiger partial charge in [-0.2, -0.15) is 26.3 Å². The second kappa shape index (κ2) is 10.5. The van der Waals surface area contributed by atoms with Crippen molar-refractivity contribution in [2.75, 3.05) is 19.7 Å². The van der Waals surface area contributed by atoms with Gasteiger partial charge < -0.3 is 19.2 Å². The lowest BCUT2D eigenvalue weighted by Crippen LogP contribution is -2.46. The minimum atomic E-state index is -4.85. The molecular weight excluding hydrogens is 562 g/mol. The molecule has 4 rings (SSSR count). The number of ether oxygens (including phenoxy) is 2. The van der Waals surface area contributed by atoms with Crippen molar-refractivity contribution in [1.29, 1.82) is 0 Å². The number of carbonyl (C=O) groups excluding carboxylic acids is 2. The average Bonchev–Trinajstić information content (AvgIpc) is 3.34. The molecular formula is C24H19F8N3O5. The van der Waals surface area contributed by atoms with Gasteiger partial charge in [-0.15, -0.1) is 0 Å². The smallest absolute Gasteiger partial charge is 0.433 e. The van der Waals surface area contributed by atoms with E-state index in [1.165, 1.54) is 37.3 Å². The number of aromatic nitrogens is 1. The topological polar surface area (TPSA) is 93.9 Å². The van der Waals surface area contributed by atoms with E-state index in [0.29, 0.717) is 4.90 Å². The molecule has 0 radical (unpaired) electrons. The third kappa shape index (κ3) is 6.37. The molecule has 40 heavy (non-hydrogen) atoms. The summed E-state index contributed by atoms with van der Waals surface area (Å²) in [6.45, 7) is -3.24. The van der Waals surface area contributed by atoms with E-state index in [4.69, 9.17) is 9.15 Å². The van der Waals surface area contributed by atoms with Gasteiger partial charge in [-0.25, -0.2) is 13.6 Å². The summed E-state index contributed by atoms with van der Waals surface area (Å²) < 4.78 is 120. The molecule has 0 aliphatic carbocycles. The number of hydrogen-bond acceptors (Lipinski definition) is 6.